The molecule has 26 heavy (non-hydrogen) atoms. The van der Waals surface area contributed by atoms with Crippen molar-refractivity contribution in [2.24, 2.45) is 5.16 Å². The SMILES string of the molecule is CC(=NOCCOC1CCN(C(=O)O)CC1)c1ccc2c(c1)CCCC2. The van der Waals surface area contributed by atoms with Gasteiger partial charge in [0.15, 0.2) is 0 Å². The third-order valence-corrected chi connectivity index (χ3v) is 5.21. The Morgan fingerprint density at radius 1 is 1.19 bits per heavy atom. The van der Waals surface area contributed by atoms with E-state index in [2.05, 4.69) is 23.4 Å². The van der Waals surface area contributed by atoms with Crippen molar-refractivity contribution in [1.82, 2.24) is 4.90 Å². The van der Waals surface area contributed by atoms with Gasteiger partial charge >= 0.3 is 6.09 Å². The zero-order valence-corrected chi connectivity index (χ0v) is 15.4. The molecule has 1 N–H and O–H groups in total. The van der Waals surface area contributed by atoms with Crippen LogP contribution in [-0.4, -0.2) is 54.2 Å². The van der Waals surface area contributed by atoms with Crippen LogP contribution >= 0.6 is 0 Å². The van der Waals surface area contributed by atoms with Gasteiger partial charge in [-0.3, -0.25) is 0 Å². The Hall–Kier alpha value is -2.08. The highest BCUT2D eigenvalue weighted by Crippen LogP contribution is 2.22. The predicted octanol–water partition coefficient (Wildman–Crippen LogP) is 3.47. The van der Waals surface area contributed by atoms with Crippen LogP contribution in [0.4, 0.5) is 4.79 Å². The highest BCUT2D eigenvalue weighted by Gasteiger charge is 2.22. The summed E-state index contributed by atoms with van der Waals surface area (Å²) in [7, 11) is 0. The highest BCUT2D eigenvalue weighted by atomic mass is 16.6. The second-order valence-corrected chi connectivity index (χ2v) is 7.04. The lowest BCUT2D eigenvalue weighted by atomic mass is 9.90. The molecule has 1 amide bonds. The summed E-state index contributed by atoms with van der Waals surface area (Å²) in [5, 5.41) is 13.1. The van der Waals surface area contributed by atoms with Gasteiger partial charge in [0.1, 0.15) is 6.61 Å². The molecule has 1 aliphatic heterocycles. The molecule has 0 aromatic heterocycles. The molecule has 1 fully saturated rings. The first-order valence-corrected chi connectivity index (χ1v) is 9.51. The van der Waals surface area contributed by atoms with E-state index >= 15 is 0 Å². The predicted molar refractivity (Wildman–Crippen MR) is 99.8 cm³/mol. The zero-order chi connectivity index (χ0) is 18.4. The largest absolute Gasteiger partial charge is 0.465 e. The maximum Gasteiger partial charge on any atom is 0.407 e. The Balaban J connectivity index is 1.38. The van der Waals surface area contributed by atoms with Crippen molar-refractivity contribution in [3.8, 4) is 0 Å². The molecular formula is C20H28N2O4. The minimum Gasteiger partial charge on any atom is -0.465 e. The van der Waals surface area contributed by atoms with Crippen molar-refractivity contribution in [2.75, 3.05) is 26.3 Å². The van der Waals surface area contributed by atoms with Crippen molar-refractivity contribution in [3.05, 3.63) is 34.9 Å². The maximum absolute atomic E-state index is 10.9. The molecule has 0 spiro atoms. The van der Waals surface area contributed by atoms with E-state index in [0.717, 1.165) is 30.5 Å². The quantitative estimate of drug-likeness (QED) is 0.479. The lowest BCUT2D eigenvalue weighted by molar-refractivity contribution is -0.0192. The van der Waals surface area contributed by atoms with Crippen LogP contribution in [0.3, 0.4) is 0 Å². The van der Waals surface area contributed by atoms with Gasteiger partial charge in [-0.05, 0) is 68.2 Å². The number of amides is 1. The van der Waals surface area contributed by atoms with Crippen molar-refractivity contribution in [1.29, 1.82) is 0 Å². The summed E-state index contributed by atoms with van der Waals surface area (Å²) in [6, 6.07) is 6.58. The van der Waals surface area contributed by atoms with Gasteiger partial charge in [0.25, 0.3) is 0 Å². The number of ether oxygens (including phenoxy) is 1. The molecular weight excluding hydrogens is 332 g/mol. The second-order valence-electron chi connectivity index (χ2n) is 7.04. The number of piperidine rings is 1. The van der Waals surface area contributed by atoms with Crippen LogP contribution in [-0.2, 0) is 22.4 Å². The van der Waals surface area contributed by atoms with Crippen LogP contribution in [0.1, 0.15) is 49.3 Å². The number of carboxylic acid groups (broad SMARTS) is 1. The summed E-state index contributed by atoms with van der Waals surface area (Å²) in [6.45, 7) is 3.92. The molecule has 0 unspecified atom stereocenters. The minimum atomic E-state index is -0.848. The van der Waals surface area contributed by atoms with Gasteiger partial charge in [-0.1, -0.05) is 17.3 Å². The summed E-state index contributed by atoms with van der Waals surface area (Å²) in [6.07, 6.45) is 5.65. The Bertz CT molecular complexity index is 651. The van der Waals surface area contributed by atoms with Crippen LogP contribution in [0.25, 0.3) is 0 Å². The summed E-state index contributed by atoms with van der Waals surface area (Å²) < 4.78 is 5.76. The molecule has 0 bridgehead atoms. The standard InChI is InChI=1S/C20H28N2O4/c1-15(17-7-6-16-4-2-3-5-18(16)14-17)21-26-13-12-25-19-8-10-22(11-9-19)20(23)24/h6-7,14,19H,2-5,8-13H2,1H3,(H,23,24). The van der Waals surface area contributed by atoms with Crippen molar-refractivity contribution in [3.63, 3.8) is 0 Å². The van der Waals surface area contributed by atoms with E-state index in [9.17, 15) is 4.79 Å². The van der Waals surface area contributed by atoms with Gasteiger partial charge in [0.2, 0.25) is 0 Å². The molecule has 6 nitrogen and oxygen atoms in total. The number of rotatable bonds is 6. The van der Waals surface area contributed by atoms with E-state index in [-0.39, 0.29) is 6.10 Å². The van der Waals surface area contributed by atoms with Gasteiger partial charge in [0, 0.05) is 13.1 Å². The molecule has 1 aromatic rings. The Labute approximate surface area is 154 Å². The second kappa shape index (κ2) is 9.03. The number of oxime groups is 1. The number of hydrogen-bond acceptors (Lipinski definition) is 4. The van der Waals surface area contributed by atoms with Crippen molar-refractivity contribution >= 4 is 11.8 Å². The number of fused-ring (bicyclic) bond motifs is 1. The van der Waals surface area contributed by atoms with Gasteiger partial charge in [0.05, 0.1) is 18.4 Å². The first-order chi connectivity index (χ1) is 12.6. The third kappa shape index (κ3) is 4.97. The van der Waals surface area contributed by atoms with E-state index in [0.29, 0.717) is 26.3 Å². The lowest BCUT2D eigenvalue weighted by Crippen LogP contribution is -2.40. The molecule has 1 saturated heterocycles. The first kappa shape index (κ1) is 18.7. The summed E-state index contributed by atoms with van der Waals surface area (Å²) in [4.78, 5) is 17.7. The fourth-order valence-electron chi connectivity index (χ4n) is 3.62. The van der Waals surface area contributed by atoms with E-state index in [1.807, 2.05) is 6.92 Å². The maximum atomic E-state index is 10.9. The van der Waals surface area contributed by atoms with Crippen LogP contribution < -0.4 is 0 Å². The molecule has 1 heterocycles. The Kier molecular flexibility index (Phi) is 6.50. The molecule has 6 heteroatoms. The normalized spacial score (nSPS) is 18.5. The summed E-state index contributed by atoms with van der Waals surface area (Å²) in [5.41, 5.74) is 4.91. The van der Waals surface area contributed by atoms with Crippen LogP contribution in [0.5, 0.6) is 0 Å². The average molecular weight is 360 g/mol. The molecule has 0 saturated carbocycles. The molecule has 142 valence electrons. The number of benzene rings is 1. The fourth-order valence-corrected chi connectivity index (χ4v) is 3.62. The molecule has 2 aliphatic rings. The lowest BCUT2D eigenvalue weighted by Gasteiger charge is -2.29. The van der Waals surface area contributed by atoms with E-state index in [1.54, 1.807) is 0 Å². The van der Waals surface area contributed by atoms with Crippen molar-refractivity contribution < 1.29 is 19.5 Å². The number of likely N-dealkylation sites (tertiary alicyclic amines) is 1. The zero-order valence-electron chi connectivity index (χ0n) is 15.4. The molecule has 1 aromatic carbocycles. The smallest absolute Gasteiger partial charge is 0.407 e. The molecule has 0 atom stereocenters. The van der Waals surface area contributed by atoms with Gasteiger partial charge < -0.3 is 19.6 Å². The molecule has 3 rings (SSSR count). The van der Waals surface area contributed by atoms with Gasteiger partial charge in [-0.2, -0.15) is 0 Å². The summed E-state index contributed by atoms with van der Waals surface area (Å²) >= 11 is 0. The van der Waals surface area contributed by atoms with Gasteiger partial charge in [-0.15, -0.1) is 0 Å². The van der Waals surface area contributed by atoms with E-state index < -0.39 is 6.09 Å². The number of carbonyl (C=O) groups is 1. The van der Waals surface area contributed by atoms with E-state index in [1.165, 1.54) is 35.3 Å². The Morgan fingerprint density at radius 3 is 2.65 bits per heavy atom. The number of aryl methyl sites for hydroxylation is 2. The van der Waals surface area contributed by atoms with Gasteiger partial charge in [-0.25, -0.2) is 4.79 Å². The Morgan fingerprint density at radius 2 is 1.92 bits per heavy atom. The van der Waals surface area contributed by atoms with Crippen LogP contribution in [0.15, 0.2) is 23.4 Å². The first-order valence-electron chi connectivity index (χ1n) is 9.51. The highest BCUT2D eigenvalue weighted by molar-refractivity contribution is 5.98. The fraction of sp³-hybridized carbons (Fsp3) is 0.600. The topological polar surface area (TPSA) is 71.4 Å². The number of hydrogen-bond donors (Lipinski definition) is 1. The average Bonchev–Trinajstić information content (AvgIpc) is 2.67. The summed E-state index contributed by atoms with van der Waals surface area (Å²) in [5.74, 6) is 0. The van der Waals surface area contributed by atoms with Crippen LogP contribution in [0.2, 0.25) is 0 Å². The minimum absolute atomic E-state index is 0.111. The monoisotopic (exact) mass is 360 g/mol. The van der Waals surface area contributed by atoms with Crippen LogP contribution in [0, 0.1) is 0 Å². The molecule has 0 radical (unpaired) electrons. The van der Waals surface area contributed by atoms with E-state index in [4.69, 9.17) is 14.7 Å². The molecule has 1 aliphatic carbocycles. The number of nitrogens with zero attached hydrogens (tertiary/aromatic N) is 2. The van der Waals surface area contributed by atoms with Crippen molar-refractivity contribution in [2.45, 2.75) is 51.6 Å². The third-order valence-electron chi connectivity index (χ3n) is 5.21.